The van der Waals surface area contributed by atoms with Gasteiger partial charge in [-0.2, -0.15) is 5.10 Å². The summed E-state index contributed by atoms with van der Waals surface area (Å²) in [4.78, 5) is 32.8. The lowest BCUT2D eigenvalue weighted by atomic mass is 9.84. The molecule has 4 rings (SSSR count). The lowest BCUT2D eigenvalue weighted by Gasteiger charge is -2.46. The number of hydrogen-bond acceptors (Lipinski definition) is 5. The van der Waals surface area contributed by atoms with Crippen molar-refractivity contribution in [2.45, 2.75) is 40.7 Å². The molecule has 0 saturated carbocycles. The van der Waals surface area contributed by atoms with Crippen molar-refractivity contribution in [1.29, 1.82) is 0 Å². The number of piperazine rings is 1. The highest BCUT2D eigenvalue weighted by atomic mass is 16.4. The highest BCUT2D eigenvalue weighted by molar-refractivity contribution is 6.08. The average molecular weight is 451 g/mol. The van der Waals surface area contributed by atoms with Crippen LogP contribution in [0.2, 0.25) is 0 Å². The molecule has 1 aromatic carbocycles. The van der Waals surface area contributed by atoms with Crippen molar-refractivity contribution in [3.05, 3.63) is 53.5 Å². The smallest absolute Gasteiger partial charge is 0.407 e. The monoisotopic (exact) mass is 450 g/mol. The molecule has 3 aromatic rings. The van der Waals surface area contributed by atoms with Crippen molar-refractivity contribution >= 4 is 29.0 Å². The van der Waals surface area contributed by atoms with Crippen LogP contribution in [0.15, 0.2) is 36.5 Å². The van der Waals surface area contributed by atoms with E-state index >= 15 is 0 Å². The van der Waals surface area contributed by atoms with Gasteiger partial charge in [0.1, 0.15) is 5.56 Å². The molecule has 0 radical (unpaired) electrons. The van der Waals surface area contributed by atoms with E-state index in [2.05, 4.69) is 41.1 Å². The third-order valence-corrected chi connectivity index (χ3v) is 6.14. The molecule has 1 aliphatic heterocycles. The van der Waals surface area contributed by atoms with E-state index in [1.807, 2.05) is 44.2 Å². The first-order valence-electron chi connectivity index (χ1n) is 11.0. The van der Waals surface area contributed by atoms with Gasteiger partial charge in [0.25, 0.3) is 5.91 Å². The Labute approximate surface area is 193 Å². The van der Waals surface area contributed by atoms with Gasteiger partial charge in [0.2, 0.25) is 0 Å². The lowest BCUT2D eigenvalue weighted by molar-refractivity contribution is 0.0748. The molecule has 2 aromatic heterocycles. The highest BCUT2D eigenvalue weighted by Gasteiger charge is 2.38. The van der Waals surface area contributed by atoms with Crippen LogP contribution < -0.4 is 10.2 Å². The van der Waals surface area contributed by atoms with Crippen molar-refractivity contribution in [2.24, 2.45) is 5.41 Å². The van der Waals surface area contributed by atoms with E-state index in [9.17, 15) is 14.7 Å². The summed E-state index contributed by atoms with van der Waals surface area (Å²) in [7, 11) is 0. The number of carbonyl (C=O) groups is 2. The number of rotatable bonds is 3. The van der Waals surface area contributed by atoms with Crippen LogP contribution in [0.5, 0.6) is 0 Å². The largest absolute Gasteiger partial charge is 0.465 e. The molecule has 174 valence electrons. The highest BCUT2D eigenvalue weighted by Crippen LogP contribution is 2.30. The van der Waals surface area contributed by atoms with E-state index in [1.165, 1.54) is 6.20 Å². The molecule has 2 amide bonds. The molecular weight excluding hydrogens is 420 g/mol. The standard InChI is InChI=1S/C24H30N6O3/c1-15-12-16(2)30-21(26-15)19(13-25-30)22(31)27-17-6-8-18(9-7-17)28-10-11-29(23(32)33)20(14-28)24(3,4)5/h6-9,12-13,20H,10-11,14H2,1-5H3,(H,27,31)(H,32,33). The van der Waals surface area contributed by atoms with Gasteiger partial charge in [-0.25, -0.2) is 14.3 Å². The fraction of sp³-hybridized carbons (Fsp3) is 0.417. The number of aryl methyl sites for hydroxylation is 2. The normalized spacial score (nSPS) is 16.8. The number of aromatic nitrogens is 3. The molecule has 3 heterocycles. The molecule has 33 heavy (non-hydrogen) atoms. The predicted octanol–water partition coefficient (Wildman–Crippen LogP) is 3.81. The average Bonchev–Trinajstić information content (AvgIpc) is 3.17. The van der Waals surface area contributed by atoms with E-state index in [-0.39, 0.29) is 17.4 Å². The Kier molecular flexibility index (Phi) is 5.73. The second-order valence-electron chi connectivity index (χ2n) is 9.64. The van der Waals surface area contributed by atoms with Gasteiger partial charge in [0.15, 0.2) is 5.65 Å². The van der Waals surface area contributed by atoms with Gasteiger partial charge in [-0.1, -0.05) is 20.8 Å². The van der Waals surface area contributed by atoms with Crippen LogP contribution in [0.25, 0.3) is 5.65 Å². The summed E-state index contributed by atoms with van der Waals surface area (Å²) in [6, 6.07) is 9.43. The molecule has 2 N–H and O–H groups in total. The summed E-state index contributed by atoms with van der Waals surface area (Å²) in [5, 5.41) is 16.8. The van der Waals surface area contributed by atoms with Gasteiger partial charge in [-0.15, -0.1) is 0 Å². The van der Waals surface area contributed by atoms with Gasteiger partial charge in [-0.05, 0) is 49.6 Å². The summed E-state index contributed by atoms with van der Waals surface area (Å²) < 4.78 is 1.66. The number of benzene rings is 1. The number of carboxylic acid groups (broad SMARTS) is 1. The molecule has 0 bridgehead atoms. The second kappa shape index (κ2) is 8.38. The van der Waals surface area contributed by atoms with Gasteiger partial charge in [0, 0.05) is 42.4 Å². The maximum atomic E-state index is 12.9. The van der Waals surface area contributed by atoms with Crippen LogP contribution in [0.4, 0.5) is 16.2 Å². The third-order valence-electron chi connectivity index (χ3n) is 6.14. The van der Waals surface area contributed by atoms with E-state index < -0.39 is 6.09 Å². The van der Waals surface area contributed by atoms with Crippen molar-refractivity contribution in [1.82, 2.24) is 19.5 Å². The number of anilines is 2. The fourth-order valence-electron chi connectivity index (χ4n) is 4.37. The zero-order valence-corrected chi connectivity index (χ0v) is 19.7. The van der Waals surface area contributed by atoms with Gasteiger partial charge in [-0.3, -0.25) is 4.79 Å². The number of nitrogens with zero attached hydrogens (tertiary/aromatic N) is 5. The number of hydrogen-bond donors (Lipinski definition) is 2. The maximum absolute atomic E-state index is 12.9. The summed E-state index contributed by atoms with van der Waals surface area (Å²) >= 11 is 0. The van der Waals surface area contributed by atoms with E-state index in [0.29, 0.717) is 36.5 Å². The summed E-state index contributed by atoms with van der Waals surface area (Å²) in [6.45, 7) is 11.7. The maximum Gasteiger partial charge on any atom is 0.407 e. The summed E-state index contributed by atoms with van der Waals surface area (Å²) in [5.41, 5.74) is 4.19. The molecular formula is C24H30N6O3. The Bertz CT molecular complexity index is 1200. The van der Waals surface area contributed by atoms with Crippen LogP contribution in [0.1, 0.15) is 42.5 Å². The van der Waals surface area contributed by atoms with Gasteiger partial charge in [0.05, 0.1) is 12.2 Å². The van der Waals surface area contributed by atoms with Crippen LogP contribution in [0.3, 0.4) is 0 Å². The molecule has 0 spiro atoms. The molecule has 9 nitrogen and oxygen atoms in total. The van der Waals surface area contributed by atoms with E-state index in [4.69, 9.17) is 0 Å². The number of fused-ring (bicyclic) bond motifs is 1. The third kappa shape index (κ3) is 4.48. The van der Waals surface area contributed by atoms with Crippen molar-refractivity contribution in [3.63, 3.8) is 0 Å². The first kappa shape index (κ1) is 22.6. The predicted molar refractivity (Wildman–Crippen MR) is 127 cm³/mol. The van der Waals surface area contributed by atoms with Crippen LogP contribution >= 0.6 is 0 Å². The van der Waals surface area contributed by atoms with Gasteiger partial charge >= 0.3 is 6.09 Å². The Morgan fingerprint density at radius 3 is 2.45 bits per heavy atom. The Morgan fingerprint density at radius 2 is 1.82 bits per heavy atom. The molecule has 1 fully saturated rings. The molecule has 0 aliphatic carbocycles. The van der Waals surface area contributed by atoms with Crippen LogP contribution in [-0.4, -0.2) is 62.3 Å². The van der Waals surface area contributed by atoms with Crippen molar-refractivity contribution in [2.75, 3.05) is 29.9 Å². The molecule has 1 saturated heterocycles. The molecule has 9 heteroatoms. The zero-order chi connectivity index (χ0) is 23.9. The number of nitrogens with one attached hydrogen (secondary N) is 1. The minimum Gasteiger partial charge on any atom is -0.465 e. The zero-order valence-electron chi connectivity index (χ0n) is 19.7. The van der Waals surface area contributed by atoms with Crippen molar-refractivity contribution in [3.8, 4) is 0 Å². The Morgan fingerprint density at radius 1 is 1.12 bits per heavy atom. The summed E-state index contributed by atoms with van der Waals surface area (Å²) in [5.74, 6) is -0.266. The first-order chi connectivity index (χ1) is 15.5. The Hall–Kier alpha value is -3.62. The Balaban J connectivity index is 1.49. The van der Waals surface area contributed by atoms with Crippen molar-refractivity contribution < 1.29 is 14.7 Å². The minimum absolute atomic E-state index is 0.113. The second-order valence-corrected chi connectivity index (χ2v) is 9.64. The lowest BCUT2D eigenvalue weighted by Crippen LogP contribution is -2.59. The molecule has 1 atom stereocenters. The molecule has 1 aliphatic rings. The van der Waals surface area contributed by atoms with E-state index in [0.717, 1.165) is 17.1 Å². The molecule has 1 unspecified atom stereocenters. The fourth-order valence-corrected chi connectivity index (χ4v) is 4.37. The number of carbonyl (C=O) groups excluding carboxylic acids is 1. The number of amides is 2. The quantitative estimate of drug-likeness (QED) is 0.629. The minimum atomic E-state index is -0.875. The topological polar surface area (TPSA) is 103 Å². The van der Waals surface area contributed by atoms with Crippen LogP contribution in [0, 0.1) is 19.3 Å². The van der Waals surface area contributed by atoms with E-state index in [1.54, 1.807) is 9.42 Å². The SMILES string of the molecule is Cc1cc(C)n2ncc(C(=O)Nc3ccc(N4CCN(C(=O)O)C(C(C)(C)C)C4)cc3)c2n1. The summed E-state index contributed by atoms with van der Waals surface area (Å²) in [6.07, 6.45) is 0.660. The van der Waals surface area contributed by atoms with Crippen LogP contribution in [-0.2, 0) is 0 Å². The van der Waals surface area contributed by atoms with Gasteiger partial charge < -0.3 is 20.2 Å². The first-order valence-corrected chi connectivity index (χ1v) is 11.0.